The van der Waals surface area contributed by atoms with Crippen molar-refractivity contribution in [3.63, 3.8) is 0 Å². The molecule has 0 spiro atoms. The number of hydrogen-bond donors (Lipinski definition) is 0. The number of rotatable bonds is 11. The third-order valence-corrected chi connectivity index (χ3v) is 5.06. The number of carbonyl (C=O) groups is 1. The maximum atomic E-state index is 11.7. The highest BCUT2D eigenvalue weighted by Crippen LogP contribution is 2.25. The molecule has 0 radical (unpaired) electrons. The van der Waals surface area contributed by atoms with Crippen LogP contribution in [-0.2, 0) is 6.42 Å². The second-order valence-corrected chi connectivity index (χ2v) is 7.52. The van der Waals surface area contributed by atoms with Gasteiger partial charge in [-0.2, -0.15) is 0 Å². The predicted molar refractivity (Wildman–Crippen MR) is 127 cm³/mol. The van der Waals surface area contributed by atoms with Gasteiger partial charge in [-0.3, -0.25) is 4.79 Å². The molecule has 0 aliphatic carbocycles. The first-order chi connectivity index (χ1) is 15.1. The average molecular weight is 415 g/mol. The van der Waals surface area contributed by atoms with E-state index in [4.69, 9.17) is 9.47 Å². The second kappa shape index (κ2) is 11.2. The van der Waals surface area contributed by atoms with Gasteiger partial charge < -0.3 is 9.47 Å². The largest absolute Gasteiger partial charge is 0.455 e. The Balaban J connectivity index is 1.65. The van der Waals surface area contributed by atoms with Crippen molar-refractivity contribution in [3.05, 3.63) is 96.6 Å². The van der Waals surface area contributed by atoms with Gasteiger partial charge in [0.25, 0.3) is 0 Å². The standard InChI is InChI=1S/C28H30O3/c1-4-7-21-9-11-22(12-10-21)23-13-17-25(18-14-23)30-28(8-5-2)31-26-19-15-24(16-20-26)27(29)6-3/h6,9-20,28H,3-5,7-8H2,1-2H3. The van der Waals surface area contributed by atoms with E-state index >= 15 is 0 Å². The molecule has 0 aromatic heterocycles. The van der Waals surface area contributed by atoms with E-state index in [9.17, 15) is 4.79 Å². The Morgan fingerprint density at radius 2 is 1.32 bits per heavy atom. The fraction of sp³-hybridized carbons (Fsp3) is 0.250. The first kappa shape index (κ1) is 22.4. The van der Waals surface area contributed by atoms with E-state index in [-0.39, 0.29) is 5.78 Å². The lowest BCUT2D eigenvalue weighted by Crippen LogP contribution is -2.23. The van der Waals surface area contributed by atoms with Gasteiger partial charge >= 0.3 is 0 Å². The average Bonchev–Trinajstić information content (AvgIpc) is 2.80. The van der Waals surface area contributed by atoms with E-state index < -0.39 is 6.29 Å². The molecule has 3 nitrogen and oxygen atoms in total. The third kappa shape index (κ3) is 6.32. The fourth-order valence-electron chi connectivity index (χ4n) is 3.38. The maximum Gasteiger partial charge on any atom is 0.241 e. The molecule has 0 N–H and O–H groups in total. The lowest BCUT2D eigenvalue weighted by Gasteiger charge is -2.20. The first-order valence-corrected chi connectivity index (χ1v) is 10.9. The van der Waals surface area contributed by atoms with Gasteiger partial charge in [0.2, 0.25) is 6.29 Å². The number of ether oxygens (including phenoxy) is 2. The molecule has 3 rings (SSSR count). The van der Waals surface area contributed by atoms with Crippen LogP contribution in [0.3, 0.4) is 0 Å². The van der Waals surface area contributed by atoms with E-state index in [1.807, 2.05) is 12.1 Å². The summed E-state index contributed by atoms with van der Waals surface area (Å²) >= 11 is 0. The van der Waals surface area contributed by atoms with Crippen LogP contribution in [0, 0.1) is 0 Å². The zero-order valence-electron chi connectivity index (χ0n) is 18.3. The zero-order valence-corrected chi connectivity index (χ0v) is 18.3. The normalized spacial score (nSPS) is 11.5. The SMILES string of the molecule is C=CC(=O)c1ccc(OC(CCC)Oc2ccc(-c3ccc(CCC)cc3)cc2)cc1. The molecular formula is C28H30O3. The van der Waals surface area contributed by atoms with Crippen LogP contribution in [0.15, 0.2) is 85.5 Å². The van der Waals surface area contributed by atoms with Gasteiger partial charge in [-0.25, -0.2) is 0 Å². The van der Waals surface area contributed by atoms with Crippen molar-refractivity contribution < 1.29 is 14.3 Å². The predicted octanol–water partition coefficient (Wildman–Crippen LogP) is 7.26. The van der Waals surface area contributed by atoms with Gasteiger partial charge in [-0.1, -0.05) is 63.2 Å². The lowest BCUT2D eigenvalue weighted by atomic mass is 10.0. The number of carbonyl (C=O) groups excluding carboxylic acids is 1. The van der Waals surface area contributed by atoms with Gasteiger partial charge in [0.15, 0.2) is 5.78 Å². The molecule has 0 saturated carbocycles. The Hall–Kier alpha value is -3.33. The Bertz CT molecular complexity index is 970. The van der Waals surface area contributed by atoms with Crippen molar-refractivity contribution in [2.75, 3.05) is 0 Å². The molecule has 0 amide bonds. The monoisotopic (exact) mass is 414 g/mol. The van der Waals surface area contributed by atoms with Crippen molar-refractivity contribution >= 4 is 5.78 Å². The number of ketones is 1. The van der Waals surface area contributed by atoms with Crippen LogP contribution in [0.1, 0.15) is 49.0 Å². The van der Waals surface area contributed by atoms with E-state index in [1.165, 1.54) is 17.2 Å². The van der Waals surface area contributed by atoms with Crippen molar-refractivity contribution in [2.45, 2.75) is 45.8 Å². The van der Waals surface area contributed by atoms with Crippen LogP contribution in [0.2, 0.25) is 0 Å². The van der Waals surface area contributed by atoms with Crippen LogP contribution >= 0.6 is 0 Å². The molecule has 0 saturated heterocycles. The van der Waals surface area contributed by atoms with Gasteiger partial charge in [-0.15, -0.1) is 0 Å². The summed E-state index contributed by atoms with van der Waals surface area (Å²) in [5, 5.41) is 0. The molecule has 0 heterocycles. The van der Waals surface area contributed by atoms with Crippen LogP contribution in [-0.4, -0.2) is 12.1 Å². The molecular weight excluding hydrogens is 384 g/mol. The summed E-state index contributed by atoms with van der Waals surface area (Å²) in [6.07, 6.45) is 4.86. The van der Waals surface area contributed by atoms with Crippen LogP contribution in [0.4, 0.5) is 0 Å². The highest BCUT2D eigenvalue weighted by molar-refractivity contribution is 6.04. The summed E-state index contributed by atoms with van der Waals surface area (Å²) in [6, 6.07) is 23.9. The minimum absolute atomic E-state index is 0.104. The second-order valence-electron chi connectivity index (χ2n) is 7.52. The molecule has 160 valence electrons. The number of allylic oxidation sites excluding steroid dienone is 1. The topological polar surface area (TPSA) is 35.5 Å². The summed E-state index contributed by atoms with van der Waals surface area (Å²) in [5.74, 6) is 1.33. The molecule has 0 bridgehead atoms. The summed E-state index contributed by atoms with van der Waals surface area (Å²) in [5.41, 5.74) is 4.31. The lowest BCUT2D eigenvalue weighted by molar-refractivity contribution is -0.00103. The molecule has 0 fully saturated rings. The third-order valence-electron chi connectivity index (χ3n) is 5.06. The Labute approximate surface area is 185 Å². The zero-order chi connectivity index (χ0) is 22.1. The van der Waals surface area contributed by atoms with Crippen LogP contribution in [0.25, 0.3) is 11.1 Å². The maximum absolute atomic E-state index is 11.7. The van der Waals surface area contributed by atoms with E-state index in [2.05, 4.69) is 56.8 Å². The van der Waals surface area contributed by atoms with Gasteiger partial charge in [0, 0.05) is 12.0 Å². The Morgan fingerprint density at radius 1 is 0.806 bits per heavy atom. The highest BCUT2D eigenvalue weighted by atomic mass is 16.7. The molecule has 0 aliphatic rings. The molecule has 3 aromatic rings. The minimum atomic E-state index is -0.398. The van der Waals surface area contributed by atoms with Crippen molar-refractivity contribution in [1.82, 2.24) is 0 Å². The van der Waals surface area contributed by atoms with Crippen molar-refractivity contribution in [2.24, 2.45) is 0 Å². The number of aryl methyl sites for hydroxylation is 1. The molecule has 0 aliphatic heterocycles. The quantitative estimate of drug-likeness (QED) is 0.188. The molecule has 3 aromatic carbocycles. The van der Waals surface area contributed by atoms with Gasteiger partial charge in [-0.05, 0) is 72.0 Å². The van der Waals surface area contributed by atoms with E-state index in [0.717, 1.165) is 37.0 Å². The molecule has 3 heteroatoms. The summed E-state index contributed by atoms with van der Waals surface area (Å²) in [7, 11) is 0. The molecule has 31 heavy (non-hydrogen) atoms. The van der Waals surface area contributed by atoms with Gasteiger partial charge in [0.05, 0.1) is 0 Å². The number of benzene rings is 3. The smallest absolute Gasteiger partial charge is 0.241 e. The molecule has 1 unspecified atom stereocenters. The van der Waals surface area contributed by atoms with Crippen molar-refractivity contribution in [3.8, 4) is 22.6 Å². The van der Waals surface area contributed by atoms with Crippen molar-refractivity contribution in [1.29, 1.82) is 0 Å². The van der Waals surface area contributed by atoms with E-state index in [1.54, 1.807) is 24.3 Å². The van der Waals surface area contributed by atoms with Crippen LogP contribution in [0.5, 0.6) is 11.5 Å². The Kier molecular flexibility index (Phi) is 8.05. The fourth-order valence-corrected chi connectivity index (χ4v) is 3.38. The number of hydrogen-bond acceptors (Lipinski definition) is 3. The van der Waals surface area contributed by atoms with E-state index in [0.29, 0.717) is 11.3 Å². The highest BCUT2D eigenvalue weighted by Gasteiger charge is 2.12. The van der Waals surface area contributed by atoms with Crippen LogP contribution < -0.4 is 9.47 Å². The molecule has 1 atom stereocenters. The summed E-state index contributed by atoms with van der Waals surface area (Å²) in [4.78, 5) is 11.7. The van der Waals surface area contributed by atoms with Gasteiger partial charge in [0.1, 0.15) is 11.5 Å². The first-order valence-electron chi connectivity index (χ1n) is 10.9. The Morgan fingerprint density at radius 3 is 1.81 bits per heavy atom. The minimum Gasteiger partial charge on any atom is -0.455 e. The summed E-state index contributed by atoms with van der Waals surface area (Å²) in [6.45, 7) is 7.80. The summed E-state index contributed by atoms with van der Waals surface area (Å²) < 4.78 is 12.1.